The maximum atomic E-state index is 12.1. The monoisotopic (exact) mass is 498 g/mol. The molecule has 3 rings (SSSR count). The number of aromatic nitrogens is 3. The van der Waals surface area contributed by atoms with Crippen LogP contribution in [0.25, 0.3) is 11.0 Å². The number of anilines is 1. The molecule has 4 N–H and O–H groups in total. The van der Waals surface area contributed by atoms with Crippen molar-refractivity contribution in [1.82, 2.24) is 14.5 Å². The van der Waals surface area contributed by atoms with Crippen LogP contribution in [0.2, 0.25) is 5.28 Å². The molecule has 2 aromatic heterocycles. The average Bonchev–Trinajstić information content (AvgIpc) is 3.14. The third kappa shape index (κ3) is 5.20. The highest BCUT2D eigenvalue weighted by atomic mass is 35.5. The van der Waals surface area contributed by atoms with Gasteiger partial charge in [0, 0.05) is 19.3 Å². The maximum Gasteiger partial charge on any atom is 0.340 e. The summed E-state index contributed by atoms with van der Waals surface area (Å²) in [4.78, 5) is 28.2. The van der Waals surface area contributed by atoms with Crippen molar-refractivity contribution >= 4 is 45.9 Å². The number of sulfone groups is 1. The van der Waals surface area contributed by atoms with E-state index in [9.17, 15) is 23.2 Å². The van der Waals surface area contributed by atoms with Crippen LogP contribution in [-0.4, -0.2) is 85.6 Å². The van der Waals surface area contributed by atoms with E-state index in [-0.39, 0.29) is 11.3 Å². The molecular formula is C16H24ClN4O8PS. The van der Waals surface area contributed by atoms with Crippen molar-refractivity contribution < 1.29 is 37.7 Å². The number of aliphatic hydroxyl groups excluding tert-OH is 2. The molecule has 0 saturated carbocycles. The van der Waals surface area contributed by atoms with E-state index in [0.717, 1.165) is 0 Å². The summed E-state index contributed by atoms with van der Waals surface area (Å²) in [5.41, 5.74) is -1.08. The highest BCUT2D eigenvalue weighted by Gasteiger charge is 2.46. The normalized spacial score (nSPS) is 24.9. The Morgan fingerprint density at radius 2 is 1.94 bits per heavy atom. The molecule has 0 unspecified atom stereocenters. The fourth-order valence-electron chi connectivity index (χ4n) is 3.37. The summed E-state index contributed by atoms with van der Waals surface area (Å²) in [6, 6.07) is 1.77. The molecule has 1 fully saturated rings. The zero-order chi connectivity index (χ0) is 23.3. The first-order chi connectivity index (χ1) is 14.2. The zero-order valence-electron chi connectivity index (χ0n) is 16.9. The number of aliphatic hydroxyl groups is 2. The molecule has 0 aromatic carbocycles. The van der Waals surface area contributed by atoms with Gasteiger partial charge in [-0.2, -0.15) is 9.97 Å². The molecule has 1 aliphatic rings. The third-order valence-electron chi connectivity index (χ3n) is 5.03. The smallest absolute Gasteiger partial charge is 0.340 e. The summed E-state index contributed by atoms with van der Waals surface area (Å²) >= 11 is 6.08. The van der Waals surface area contributed by atoms with Gasteiger partial charge in [0.05, 0.1) is 11.1 Å². The molecule has 2 aromatic rings. The Kier molecular flexibility index (Phi) is 6.72. The van der Waals surface area contributed by atoms with Crippen LogP contribution in [0.5, 0.6) is 0 Å². The van der Waals surface area contributed by atoms with Crippen LogP contribution in [0, 0.1) is 0 Å². The lowest BCUT2D eigenvalue weighted by atomic mass is 10.1. The van der Waals surface area contributed by atoms with Crippen molar-refractivity contribution in [3.63, 3.8) is 0 Å². The van der Waals surface area contributed by atoms with Crippen molar-refractivity contribution in [2.24, 2.45) is 0 Å². The Hall–Kier alpha value is -1.31. The Morgan fingerprint density at radius 3 is 2.52 bits per heavy atom. The Balaban J connectivity index is 1.94. The molecule has 0 aliphatic carbocycles. The minimum absolute atomic E-state index is 0.0521. The second-order valence-corrected chi connectivity index (χ2v) is 12.3. The van der Waals surface area contributed by atoms with Crippen LogP contribution in [-0.2, 0) is 19.1 Å². The third-order valence-corrected chi connectivity index (χ3v) is 8.95. The molecule has 0 radical (unpaired) electrons. The average molecular weight is 499 g/mol. The van der Waals surface area contributed by atoms with Gasteiger partial charge in [0.1, 0.15) is 29.8 Å². The summed E-state index contributed by atoms with van der Waals surface area (Å²) in [7, 11) is -7.28. The molecule has 174 valence electrons. The van der Waals surface area contributed by atoms with Gasteiger partial charge in [-0.25, -0.2) is 8.42 Å². The number of nitrogens with zero attached hydrogens (tertiary/aromatic N) is 4. The van der Waals surface area contributed by atoms with Crippen LogP contribution in [0.4, 0.5) is 5.82 Å². The number of rotatable bonds is 7. The minimum atomic E-state index is -4.83. The van der Waals surface area contributed by atoms with Gasteiger partial charge in [-0.1, -0.05) is 0 Å². The SMILES string of the molecule is CC(C)N(C)c1nc(Cl)nc2c1ccn2[C@@H]1O[C@H](CS(=O)(=O)CP(=O)(O)O)[C@@H](O)[C@H]1O. The first-order valence-corrected chi connectivity index (χ1v) is 13.2. The summed E-state index contributed by atoms with van der Waals surface area (Å²) in [5, 5.41) is 21.4. The number of halogens is 1. The van der Waals surface area contributed by atoms with E-state index in [2.05, 4.69) is 9.97 Å². The van der Waals surface area contributed by atoms with Gasteiger partial charge in [0.15, 0.2) is 21.6 Å². The number of ether oxygens (including phenoxy) is 1. The van der Waals surface area contributed by atoms with Crippen molar-refractivity contribution in [2.45, 2.75) is 44.4 Å². The van der Waals surface area contributed by atoms with Gasteiger partial charge in [-0.3, -0.25) is 4.57 Å². The van der Waals surface area contributed by atoms with Crippen LogP contribution < -0.4 is 4.90 Å². The Bertz CT molecular complexity index is 1120. The Morgan fingerprint density at radius 1 is 1.29 bits per heavy atom. The largest absolute Gasteiger partial charge is 0.387 e. The first-order valence-electron chi connectivity index (χ1n) is 9.23. The number of hydrogen-bond donors (Lipinski definition) is 4. The molecule has 15 heteroatoms. The van der Waals surface area contributed by atoms with Gasteiger partial charge < -0.3 is 34.2 Å². The molecule has 0 bridgehead atoms. The summed E-state index contributed by atoms with van der Waals surface area (Å²) in [6.45, 7) is 3.92. The standard InChI is InChI=1S/C16H24ClN4O8PS/c1-8(2)20(3)13-9-4-5-21(14(9)19-16(17)18-13)15-12(23)11(22)10(29-15)6-31(27,28)7-30(24,25)26/h4-5,8,10-12,15,22-23H,6-7H2,1-3H3,(H2,24,25,26)/t10-,11-,12-,15-/m1/s1. The Labute approximate surface area is 183 Å². The summed E-state index contributed by atoms with van der Waals surface area (Å²) < 4.78 is 42.2. The molecule has 1 saturated heterocycles. The van der Waals surface area contributed by atoms with E-state index in [1.165, 1.54) is 4.57 Å². The molecule has 12 nitrogen and oxygen atoms in total. The zero-order valence-corrected chi connectivity index (χ0v) is 19.4. The molecule has 3 heterocycles. The van der Waals surface area contributed by atoms with Crippen LogP contribution in [0.15, 0.2) is 12.3 Å². The van der Waals surface area contributed by atoms with E-state index in [0.29, 0.717) is 16.9 Å². The predicted molar refractivity (Wildman–Crippen MR) is 113 cm³/mol. The van der Waals surface area contributed by atoms with E-state index in [4.69, 9.17) is 26.1 Å². The van der Waals surface area contributed by atoms with Crippen molar-refractivity contribution in [2.75, 3.05) is 23.2 Å². The lowest BCUT2D eigenvalue weighted by Crippen LogP contribution is -2.35. The first kappa shape index (κ1) is 24.3. The fourth-order valence-corrected chi connectivity index (χ4v) is 6.77. The number of hydrogen-bond acceptors (Lipinski definition) is 9. The summed E-state index contributed by atoms with van der Waals surface area (Å²) in [5.74, 6) is -0.333. The minimum Gasteiger partial charge on any atom is -0.387 e. The molecule has 0 amide bonds. The van der Waals surface area contributed by atoms with Gasteiger partial charge in [0.25, 0.3) is 0 Å². The lowest BCUT2D eigenvalue weighted by Gasteiger charge is -2.23. The van der Waals surface area contributed by atoms with Crippen LogP contribution in [0.3, 0.4) is 0 Å². The molecule has 0 spiro atoms. The number of fused-ring (bicyclic) bond motifs is 1. The van der Waals surface area contributed by atoms with Gasteiger partial charge in [-0.05, 0) is 31.5 Å². The lowest BCUT2D eigenvalue weighted by molar-refractivity contribution is -0.0288. The topological polar surface area (TPSA) is 175 Å². The highest BCUT2D eigenvalue weighted by Crippen LogP contribution is 2.39. The van der Waals surface area contributed by atoms with Crippen LogP contribution >= 0.6 is 19.2 Å². The van der Waals surface area contributed by atoms with E-state index in [1.54, 1.807) is 12.3 Å². The molecular weight excluding hydrogens is 475 g/mol. The van der Waals surface area contributed by atoms with Crippen molar-refractivity contribution in [1.29, 1.82) is 0 Å². The molecule has 31 heavy (non-hydrogen) atoms. The quantitative estimate of drug-likeness (QED) is 0.301. The fraction of sp³-hybridized carbons (Fsp3) is 0.625. The predicted octanol–water partition coefficient (Wildman–Crippen LogP) is 0.0985. The van der Waals surface area contributed by atoms with Crippen molar-refractivity contribution in [3.05, 3.63) is 17.5 Å². The van der Waals surface area contributed by atoms with Gasteiger partial charge in [-0.15, -0.1) is 0 Å². The second kappa shape index (κ2) is 8.56. The maximum absolute atomic E-state index is 12.1. The van der Waals surface area contributed by atoms with E-state index < -0.39 is 53.2 Å². The van der Waals surface area contributed by atoms with Gasteiger partial charge >= 0.3 is 7.60 Å². The summed E-state index contributed by atoms with van der Waals surface area (Å²) in [6.07, 6.45) is -4.19. The van der Waals surface area contributed by atoms with Crippen LogP contribution in [0.1, 0.15) is 20.1 Å². The molecule has 4 atom stereocenters. The second-order valence-electron chi connectivity index (χ2n) is 7.73. The molecule has 1 aliphatic heterocycles. The van der Waals surface area contributed by atoms with E-state index >= 15 is 0 Å². The highest BCUT2D eigenvalue weighted by molar-refractivity contribution is 7.97. The van der Waals surface area contributed by atoms with E-state index in [1.807, 2.05) is 25.8 Å². The van der Waals surface area contributed by atoms with Gasteiger partial charge in [0.2, 0.25) is 5.28 Å². The van der Waals surface area contributed by atoms with Crippen molar-refractivity contribution in [3.8, 4) is 0 Å².